The third-order valence-electron chi connectivity index (χ3n) is 3.79. The van der Waals surface area contributed by atoms with Gasteiger partial charge in [0.2, 0.25) is 5.91 Å². The van der Waals surface area contributed by atoms with E-state index in [1.165, 1.54) is 0 Å². The number of alkyl halides is 3. The number of nitrogens with zero attached hydrogens (tertiary/aromatic N) is 2. The van der Waals surface area contributed by atoms with Crippen LogP contribution < -0.4 is 5.32 Å². The Labute approximate surface area is 135 Å². The number of hydrogen-bond acceptors (Lipinski definition) is 4. The zero-order chi connectivity index (χ0) is 16.4. The minimum atomic E-state index is -4.38. The van der Waals surface area contributed by atoms with Crippen LogP contribution in [-0.2, 0) is 4.79 Å². The third kappa shape index (κ3) is 4.00. The fourth-order valence-corrected chi connectivity index (χ4v) is 3.90. The van der Waals surface area contributed by atoms with E-state index in [1.54, 1.807) is 11.3 Å². The molecular formula is C15H16F3N3OS. The van der Waals surface area contributed by atoms with E-state index in [2.05, 4.69) is 4.98 Å². The molecule has 2 heterocycles. The van der Waals surface area contributed by atoms with E-state index in [9.17, 15) is 18.0 Å². The molecule has 1 amide bonds. The lowest BCUT2D eigenvalue weighted by molar-refractivity contribution is -0.139. The van der Waals surface area contributed by atoms with E-state index in [0.29, 0.717) is 6.54 Å². The number of benzene rings is 1. The Hall–Kier alpha value is -1.67. The Bertz CT molecular complexity index is 668. The van der Waals surface area contributed by atoms with Crippen molar-refractivity contribution < 1.29 is 18.0 Å². The van der Waals surface area contributed by atoms with Crippen molar-refractivity contribution in [1.82, 2.24) is 15.2 Å². The molecule has 0 saturated carbocycles. The molecule has 0 radical (unpaired) electrons. The lowest BCUT2D eigenvalue weighted by Crippen LogP contribution is -2.40. The summed E-state index contributed by atoms with van der Waals surface area (Å²) in [5, 5.41) is 2.85. The maximum absolute atomic E-state index is 12.2. The van der Waals surface area contributed by atoms with Crippen molar-refractivity contribution in [2.45, 2.75) is 25.1 Å². The molecule has 1 fully saturated rings. The Morgan fingerprint density at radius 2 is 2.17 bits per heavy atom. The Morgan fingerprint density at radius 3 is 2.91 bits per heavy atom. The molecule has 3 rings (SSSR count). The van der Waals surface area contributed by atoms with E-state index in [1.807, 2.05) is 34.5 Å². The van der Waals surface area contributed by atoms with E-state index < -0.39 is 18.6 Å². The first-order valence-corrected chi connectivity index (χ1v) is 8.17. The van der Waals surface area contributed by atoms with Gasteiger partial charge in [0.1, 0.15) is 11.6 Å². The van der Waals surface area contributed by atoms with Crippen LogP contribution in [0.4, 0.5) is 13.2 Å². The lowest BCUT2D eigenvalue weighted by atomic mass is 10.2. The van der Waals surface area contributed by atoms with Crippen molar-refractivity contribution in [3.8, 4) is 0 Å². The second kappa shape index (κ2) is 6.45. The molecule has 1 aromatic carbocycles. The normalized spacial score (nSPS) is 19.3. The SMILES string of the molecule is O=C(CN1CCCC1c1nc2ccccc2s1)NCC(F)(F)F. The summed E-state index contributed by atoms with van der Waals surface area (Å²) in [6.07, 6.45) is -2.60. The van der Waals surface area contributed by atoms with Crippen LogP contribution in [-0.4, -0.2) is 41.6 Å². The molecule has 4 nitrogen and oxygen atoms in total. The number of aromatic nitrogens is 1. The predicted molar refractivity (Wildman–Crippen MR) is 82.2 cm³/mol. The van der Waals surface area contributed by atoms with Crippen molar-refractivity contribution in [2.24, 2.45) is 0 Å². The van der Waals surface area contributed by atoms with Crippen molar-refractivity contribution in [3.05, 3.63) is 29.3 Å². The monoisotopic (exact) mass is 343 g/mol. The van der Waals surface area contributed by atoms with Gasteiger partial charge >= 0.3 is 6.18 Å². The van der Waals surface area contributed by atoms with Crippen molar-refractivity contribution >= 4 is 27.5 Å². The van der Waals surface area contributed by atoms with E-state index in [4.69, 9.17) is 0 Å². The van der Waals surface area contributed by atoms with Crippen molar-refractivity contribution in [1.29, 1.82) is 0 Å². The highest BCUT2D eigenvalue weighted by molar-refractivity contribution is 7.18. The molecule has 1 aliphatic rings. The molecule has 1 aromatic heterocycles. The smallest absolute Gasteiger partial charge is 0.346 e. The standard InChI is InChI=1S/C15H16F3N3OS/c16-15(17,18)9-19-13(22)8-21-7-3-5-11(21)14-20-10-4-1-2-6-12(10)23-14/h1-2,4,6,11H,3,5,7-9H2,(H,19,22). The van der Waals surface area contributed by atoms with E-state index >= 15 is 0 Å². The van der Waals surface area contributed by atoms with Gasteiger partial charge in [-0.3, -0.25) is 9.69 Å². The molecule has 23 heavy (non-hydrogen) atoms. The molecule has 2 aromatic rings. The quantitative estimate of drug-likeness (QED) is 0.928. The number of halogens is 3. The lowest BCUT2D eigenvalue weighted by Gasteiger charge is -2.22. The van der Waals surface area contributed by atoms with Gasteiger partial charge < -0.3 is 5.32 Å². The highest BCUT2D eigenvalue weighted by Gasteiger charge is 2.32. The maximum atomic E-state index is 12.2. The summed E-state index contributed by atoms with van der Waals surface area (Å²) >= 11 is 1.58. The molecule has 0 spiro atoms. The summed E-state index contributed by atoms with van der Waals surface area (Å²) in [5.41, 5.74) is 0.917. The van der Waals surface area contributed by atoms with Gasteiger partial charge in [0.15, 0.2) is 0 Å². The van der Waals surface area contributed by atoms with Crippen LogP contribution in [0.1, 0.15) is 23.9 Å². The Balaban J connectivity index is 1.66. The number of nitrogens with one attached hydrogen (secondary N) is 1. The van der Waals surface area contributed by atoms with Gasteiger partial charge in [0.05, 0.1) is 22.8 Å². The number of carbonyl (C=O) groups excluding carboxylic acids is 1. The second-order valence-electron chi connectivity index (χ2n) is 5.54. The number of rotatable bonds is 4. The summed E-state index contributed by atoms with van der Waals surface area (Å²) in [6.45, 7) is -0.623. The van der Waals surface area contributed by atoms with E-state index in [-0.39, 0.29) is 12.6 Å². The highest BCUT2D eigenvalue weighted by atomic mass is 32.1. The van der Waals surface area contributed by atoms with Crippen LogP contribution in [0, 0.1) is 0 Å². The maximum Gasteiger partial charge on any atom is 0.405 e. The predicted octanol–water partition coefficient (Wildman–Crippen LogP) is 3.11. The number of hydrogen-bond donors (Lipinski definition) is 1. The van der Waals surface area contributed by atoms with Crippen LogP contribution >= 0.6 is 11.3 Å². The fraction of sp³-hybridized carbons (Fsp3) is 0.467. The largest absolute Gasteiger partial charge is 0.405 e. The summed E-state index contributed by atoms with van der Waals surface area (Å²) in [5.74, 6) is -0.602. The minimum Gasteiger partial charge on any atom is -0.346 e. The molecule has 1 atom stereocenters. The molecule has 8 heteroatoms. The van der Waals surface area contributed by atoms with Gasteiger partial charge in [0.25, 0.3) is 0 Å². The number of carbonyl (C=O) groups is 1. The average Bonchev–Trinajstić information content (AvgIpc) is 3.10. The van der Waals surface area contributed by atoms with Crippen molar-refractivity contribution in [2.75, 3.05) is 19.6 Å². The molecule has 1 saturated heterocycles. The number of amides is 1. The zero-order valence-corrected chi connectivity index (χ0v) is 13.1. The van der Waals surface area contributed by atoms with Crippen LogP contribution in [0.3, 0.4) is 0 Å². The molecule has 124 valence electrons. The topological polar surface area (TPSA) is 45.2 Å². The number of fused-ring (bicyclic) bond motifs is 1. The first-order chi connectivity index (χ1) is 10.9. The van der Waals surface area contributed by atoms with E-state index in [0.717, 1.165) is 28.1 Å². The van der Waals surface area contributed by atoms with Crippen LogP contribution in [0.5, 0.6) is 0 Å². The van der Waals surface area contributed by atoms with Gasteiger partial charge in [-0.2, -0.15) is 13.2 Å². The number of thiazole rings is 1. The zero-order valence-electron chi connectivity index (χ0n) is 12.3. The number of likely N-dealkylation sites (tertiary alicyclic amines) is 1. The molecule has 1 aliphatic heterocycles. The highest BCUT2D eigenvalue weighted by Crippen LogP contribution is 2.36. The summed E-state index contributed by atoms with van der Waals surface area (Å²) < 4.78 is 37.5. The Kier molecular flexibility index (Phi) is 4.54. The summed E-state index contributed by atoms with van der Waals surface area (Å²) in [6, 6.07) is 7.80. The van der Waals surface area contributed by atoms with Gasteiger partial charge in [-0.05, 0) is 31.5 Å². The molecule has 0 bridgehead atoms. The van der Waals surface area contributed by atoms with Gasteiger partial charge in [0, 0.05) is 0 Å². The molecular weight excluding hydrogens is 327 g/mol. The first-order valence-electron chi connectivity index (χ1n) is 7.35. The second-order valence-corrected chi connectivity index (χ2v) is 6.60. The van der Waals surface area contributed by atoms with Gasteiger partial charge in [-0.1, -0.05) is 12.1 Å². The minimum absolute atomic E-state index is 0.00374. The van der Waals surface area contributed by atoms with Gasteiger partial charge in [-0.25, -0.2) is 4.98 Å². The molecule has 1 N–H and O–H groups in total. The average molecular weight is 343 g/mol. The van der Waals surface area contributed by atoms with Crippen LogP contribution in [0.15, 0.2) is 24.3 Å². The molecule has 0 aliphatic carbocycles. The van der Waals surface area contributed by atoms with Gasteiger partial charge in [-0.15, -0.1) is 11.3 Å². The number of para-hydroxylation sites is 1. The summed E-state index contributed by atoms with van der Waals surface area (Å²) in [7, 11) is 0. The first kappa shape index (κ1) is 16.2. The third-order valence-corrected chi connectivity index (χ3v) is 4.93. The Morgan fingerprint density at radius 1 is 1.39 bits per heavy atom. The van der Waals surface area contributed by atoms with Crippen molar-refractivity contribution in [3.63, 3.8) is 0 Å². The summed E-state index contributed by atoms with van der Waals surface area (Å²) in [4.78, 5) is 18.2. The molecule has 1 unspecified atom stereocenters. The van der Waals surface area contributed by atoms with Crippen LogP contribution in [0.25, 0.3) is 10.2 Å². The van der Waals surface area contributed by atoms with Crippen LogP contribution in [0.2, 0.25) is 0 Å². The fourth-order valence-electron chi connectivity index (χ4n) is 2.77.